The highest BCUT2D eigenvalue weighted by atomic mass is 35.5. The molecule has 0 bridgehead atoms. The summed E-state index contributed by atoms with van der Waals surface area (Å²) in [7, 11) is 0. The number of carbonyl (C=O) groups is 2. The van der Waals surface area contributed by atoms with Crippen LogP contribution in [0.5, 0.6) is 0 Å². The minimum Gasteiger partial charge on any atom is -0.324 e. The van der Waals surface area contributed by atoms with Gasteiger partial charge in [0.2, 0.25) is 11.8 Å². The van der Waals surface area contributed by atoms with Gasteiger partial charge in [0.05, 0.1) is 0 Å². The molecule has 0 radical (unpaired) electrons. The van der Waals surface area contributed by atoms with Crippen molar-refractivity contribution in [3.8, 4) is 0 Å². The van der Waals surface area contributed by atoms with Gasteiger partial charge in [-0.05, 0) is 48.7 Å². The molecule has 1 N–H and O–H groups in total. The first-order valence-electron chi connectivity index (χ1n) is 7.84. The Morgan fingerprint density at radius 3 is 2.50 bits per heavy atom. The number of para-hydroxylation sites is 1. The quantitative estimate of drug-likeness (QED) is 0.883. The third kappa shape index (κ3) is 4.36. The lowest BCUT2D eigenvalue weighted by molar-refractivity contribution is -0.120. The van der Waals surface area contributed by atoms with Gasteiger partial charge in [-0.25, -0.2) is 0 Å². The molecular weight excluding hydrogens is 324 g/mol. The zero-order chi connectivity index (χ0) is 17.7. The van der Waals surface area contributed by atoms with E-state index in [1.54, 1.807) is 18.2 Å². The maximum Gasteiger partial charge on any atom is 0.244 e. The molecule has 0 aliphatic heterocycles. The van der Waals surface area contributed by atoms with E-state index in [0.717, 1.165) is 23.2 Å². The normalized spacial score (nSPS) is 10.3. The van der Waals surface area contributed by atoms with E-state index in [-0.39, 0.29) is 18.4 Å². The number of hydrogen-bond donors (Lipinski definition) is 1. The van der Waals surface area contributed by atoms with Crippen molar-refractivity contribution in [1.29, 1.82) is 0 Å². The molecule has 5 heteroatoms. The fourth-order valence-corrected chi connectivity index (χ4v) is 2.77. The molecule has 2 rings (SSSR count). The predicted molar refractivity (Wildman–Crippen MR) is 98.7 cm³/mol. The number of hydrogen-bond acceptors (Lipinski definition) is 2. The minimum atomic E-state index is -0.249. The summed E-state index contributed by atoms with van der Waals surface area (Å²) in [5.74, 6) is -0.416. The first-order chi connectivity index (χ1) is 11.4. The molecule has 0 spiro atoms. The van der Waals surface area contributed by atoms with Crippen LogP contribution in [0.15, 0.2) is 42.5 Å². The Morgan fingerprint density at radius 1 is 1.17 bits per heavy atom. The van der Waals surface area contributed by atoms with Crippen molar-refractivity contribution in [3.63, 3.8) is 0 Å². The van der Waals surface area contributed by atoms with Crippen molar-refractivity contribution in [2.75, 3.05) is 16.8 Å². The first-order valence-corrected chi connectivity index (χ1v) is 8.22. The molecule has 0 aliphatic carbocycles. The van der Waals surface area contributed by atoms with Crippen LogP contribution in [0.3, 0.4) is 0 Å². The van der Waals surface area contributed by atoms with E-state index in [4.69, 9.17) is 11.6 Å². The van der Waals surface area contributed by atoms with E-state index >= 15 is 0 Å². The summed E-state index contributed by atoms with van der Waals surface area (Å²) in [5.41, 5.74) is 3.37. The third-order valence-corrected chi connectivity index (χ3v) is 4.04. The summed E-state index contributed by atoms with van der Waals surface area (Å²) in [6.07, 6.45) is 0.790. The summed E-state index contributed by atoms with van der Waals surface area (Å²) in [6.45, 7) is 5.33. The molecule has 24 heavy (non-hydrogen) atoms. The van der Waals surface area contributed by atoms with Gasteiger partial charge in [-0.1, -0.05) is 36.7 Å². The number of nitrogens with zero attached hydrogens (tertiary/aromatic N) is 1. The SMILES string of the molecule is CCc1ccccc1N(CC(=O)Nc1ccc(Cl)cc1C)C(C)=O. The van der Waals surface area contributed by atoms with Crippen molar-refractivity contribution >= 4 is 34.8 Å². The van der Waals surface area contributed by atoms with Gasteiger partial charge in [0.15, 0.2) is 0 Å². The Balaban J connectivity index is 2.18. The summed E-state index contributed by atoms with van der Waals surface area (Å²) < 4.78 is 0. The van der Waals surface area contributed by atoms with Crippen LogP contribution in [-0.2, 0) is 16.0 Å². The van der Waals surface area contributed by atoms with Crippen molar-refractivity contribution in [2.24, 2.45) is 0 Å². The van der Waals surface area contributed by atoms with Crippen molar-refractivity contribution in [3.05, 3.63) is 58.6 Å². The maximum atomic E-state index is 12.4. The van der Waals surface area contributed by atoms with Crippen molar-refractivity contribution in [1.82, 2.24) is 0 Å². The topological polar surface area (TPSA) is 49.4 Å². The molecule has 0 atom stereocenters. The van der Waals surface area contributed by atoms with Crippen LogP contribution in [0.25, 0.3) is 0 Å². The highest BCUT2D eigenvalue weighted by molar-refractivity contribution is 6.30. The summed E-state index contributed by atoms with van der Waals surface area (Å²) in [6, 6.07) is 12.9. The Bertz CT molecular complexity index is 759. The molecule has 0 saturated carbocycles. The van der Waals surface area contributed by atoms with Crippen molar-refractivity contribution < 1.29 is 9.59 Å². The molecule has 0 saturated heterocycles. The van der Waals surface area contributed by atoms with Gasteiger partial charge in [-0.3, -0.25) is 9.59 Å². The first kappa shape index (κ1) is 18.0. The van der Waals surface area contributed by atoms with Gasteiger partial charge in [-0.15, -0.1) is 0 Å². The average Bonchev–Trinajstić information content (AvgIpc) is 2.55. The number of benzene rings is 2. The van der Waals surface area contributed by atoms with Crippen LogP contribution >= 0.6 is 11.6 Å². The van der Waals surface area contributed by atoms with E-state index in [1.807, 2.05) is 38.1 Å². The van der Waals surface area contributed by atoms with Gasteiger partial charge in [0, 0.05) is 23.3 Å². The summed E-state index contributed by atoms with van der Waals surface area (Å²) in [5, 5.41) is 3.46. The van der Waals surface area contributed by atoms with Gasteiger partial charge in [0.25, 0.3) is 0 Å². The molecular formula is C19H21ClN2O2. The van der Waals surface area contributed by atoms with Crippen LogP contribution < -0.4 is 10.2 Å². The highest BCUT2D eigenvalue weighted by Gasteiger charge is 2.18. The van der Waals surface area contributed by atoms with Crippen LogP contribution in [0, 0.1) is 6.92 Å². The van der Waals surface area contributed by atoms with E-state index in [0.29, 0.717) is 10.7 Å². The monoisotopic (exact) mass is 344 g/mol. The lowest BCUT2D eigenvalue weighted by Gasteiger charge is -2.23. The van der Waals surface area contributed by atoms with E-state index in [1.165, 1.54) is 11.8 Å². The Hall–Kier alpha value is -2.33. The molecule has 0 fully saturated rings. The fraction of sp³-hybridized carbons (Fsp3) is 0.263. The summed E-state index contributed by atoms with van der Waals surface area (Å²) >= 11 is 5.93. The fourth-order valence-electron chi connectivity index (χ4n) is 2.54. The largest absolute Gasteiger partial charge is 0.324 e. The highest BCUT2D eigenvalue weighted by Crippen LogP contribution is 2.22. The predicted octanol–water partition coefficient (Wildman–Crippen LogP) is 4.20. The molecule has 0 aliphatic rings. The zero-order valence-corrected chi connectivity index (χ0v) is 14.9. The second kappa shape index (κ2) is 7.97. The smallest absolute Gasteiger partial charge is 0.244 e. The Labute approximate surface area is 147 Å². The van der Waals surface area contributed by atoms with E-state index in [9.17, 15) is 9.59 Å². The molecule has 2 aromatic rings. The number of anilines is 2. The molecule has 0 heterocycles. The molecule has 0 aromatic heterocycles. The molecule has 126 valence electrons. The van der Waals surface area contributed by atoms with Crippen LogP contribution in [0.1, 0.15) is 25.0 Å². The number of nitrogens with one attached hydrogen (secondary N) is 1. The number of carbonyl (C=O) groups excluding carboxylic acids is 2. The Kier molecular flexibility index (Phi) is 5.99. The number of halogens is 1. The number of rotatable bonds is 5. The van der Waals surface area contributed by atoms with E-state index in [2.05, 4.69) is 5.32 Å². The van der Waals surface area contributed by atoms with Crippen molar-refractivity contribution in [2.45, 2.75) is 27.2 Å². The van der Waals surface area contributed by atoms with Gasteiger partial charge in [-0.2, -0.15) is 0 Å². The minimum absolute atomic E-state index is 0.0333. The van der Waals surface area contributed by atoms with Gasteiger partial charge < -0.3 is 10.2 Å². The number of amides is 2. The standard InChI is InChI=1S/C19H21ClN2O2/c1-4-15-7-5-6-8-18(15)22(14(3)23)12-19(24)21-17-10-9-16(20)11-13(17)2/h5-11H,4,12H2,1-3H3,(H,21,24). The molecule has 4 nitrogen and oxygen atoms in total. The lowest BCUT2D eigenvalue weighted by Crippen LogP contribution is -2.37. The molecule has 0 unspecified atom stereocenters. The lowest BCUT2D eigenvalue weighted by atomic mass is 10.1. The van der Waals surface area contributed by atoms with Crippen LogP contribution in [-0.4, -0.2) is 18.4 Å². The molecule has 2 aromatic carbocycles. The molecule has 2 amide bonds. The second-order valence-corrected chi connectivity index (χ2v) is 6.03. The zero-order valence-electron chi connectivity index (χ0n) is 14.1. The second-order valence-electron chi connectivity index (χ2n) is 5.59. The maximum absolute atomic E-state index is 12.4. The van der Waals surface area contributed by atoms with Gasteiger partial charge in [0.1, 0.15) is 6.54 Å². The summed E-state index contributed by atoms with van der Waals surface area (Å²) in [4.78, 5) is 25.9. The van der Waals surface area contributed by atoms with Crippen LogP contribution in [0.4, 0.5) is 11.4 Å². The average molecular weight is 345 g/mol. The van der Waals surface area contributed by atoms with Crippen LogP contribution in [0.2, 0.25) is 5.02 Å². The Morgan fingerprint density at radius 2 is 1.88 bits per heavy atom. The number of aryl methyl sites for hydroxylation is 2. The van der Waals surface area contributed by atoms with E-state index < -0.39 is 0 Å². The van der Waals surface area contributed by atoms with Gasteiger partial charge >= 0.3 is 0 Å². The third-order valence-electron chi connectivity index (χ3n) is 3.81.